The Bertz CT molecular complexity index is 917. The van der Waals surface area contributed by atoms with Gasteiger partial charge in [0.15, 0.2) is 4.34 Å². The molecule has 0 radical (unpaired) electrons. The minimum atomic E-state index is 0.0137. The molecule has 1 fully saturated rings. The Hall–Kier alpha value is -2.26. The van der Waals surface area contributed by atoms with E-state index >= 15 is 0 Å². The van der Waals surface area contributed by atoms with Gasteiger partial charge in [-0.05, 0) is 19.8 Å². The third kappa shape index (κ3) is 3.78. The van der Waals surface area contributed by atoms with Gasteiger partial charge in [-0.1, -0.05) is 58.1 Å². The van der Waals surface area contributed by atoms with Gasteiger partial charge in [-0.15, -0.1) is 10.2 Å². The number of hydrogen-bond donors (Lipinski definition) is 0. The number of hydrogen-bond acceptors (Lipinski definition) is 8. The number of thioether (sulfide) groups is 1. The molecule has 0 spiro atoms. The van der Waals surface area contributed by atoms with E-state index in [9.17, 15) is 4.79 Å². The Morgan fingerprint density at radius 2 is 2.08 bits per heavy atom. The first-order valence-electron chi connectivity index (χ1n) is 8.26. The highest BCUT2D eigenvalue weighted by atomic mass is 32.2. The Kier molecular flexibility index (Phi) is 4.73. The molecule has 26 heavy (non-hydrogen) atoms. The molecular formula is C17H17N5O2S2. The maximum absolute atomic E-state index is 11.8. The summed E-state index contributed by atoms with van der Waals surface area (Å²) in [6, 6.07) is 8.27. The van der Waals surface area contributed by atoms with Crippen LogP contribution in [0, 0.1) is 6.92 Å². The van der Waals surface area contributed by atoms with Crippen molar-refractivity contribution >= 4 is 34.1 Å². The van der Waals surface area contributed by atoms with Gasteiger partial charge in [0.1, 0.15) is 0 Å². The lowest BCUT2D eigenvalue weighted by Crippen LogP contribution is -2.30. The molecule has 134 valence electrons. The normalized spacial score (nSPS) is 13.8. The summed E-state index contributed by atoms with van der Waals surface area (Å²) in [7, 11) is 0. The number of carbonyl (C=O) groups is 1. The van der Waals surface area contributed by atoms with Crippen molar-refractivity contribution in [3.05, 3.63) is 35.7 Å². The van der Waals surface area contributed by atoms with E-state index in [4.69, 9.17) is 4.52 Å². The Morgan fingerprint density at radius 1 is 1.31 bits per heavy atom. The fraction of sp³-hybridized carbons (Fsp3) is 0.353. The molecule has 9 heteroatoms. The van der Waals surface area contributed by atoms with Gasteiger partial charge in [-0.2, -0.15) is 4.98 Å². The zero-order chi connectivity index (χ0) is 18.1. The summed E-state index contributed by atoms with van der Waals surface area (Å²) in [6.07, 6.45) is 2.07. The van der Waals surface area contributed by atoms with Gasteiger partial charge >= 0.3 is 0 Å². The van der Waals surface area contributed by atoms with Crippen LogP contribution in [0.1, 0.15) is 31.2 Å². The van der Waals surface area contributed by atoms with Gasteiger partial charge in [-0.3, -0.25) is 9.69 Å². The van der Waals surface area contributed by atoms with Crippen LogP contribution in [0.5, 0.6) is 0 Å². The van der Waals surface area contributed by atoms with Gasteiger partial charge in [0.2, 0.25) is 22.8 Å². The highest BCUT2D eigenvalue weighted by Gasteiger charge is 2.34. The lowest BCUT2D eigenvalue weighted by atomic mass is 10.1. The molecule has 1 amide bonds. The van der Waals surface area contributed by atoms with Gasteiger partial charge in [0.25, 0.3) is 0 Å². The van der Waals surface area contributed by atoms with Crippen LogP contribution in [-0.4, -0.2) is 32.3 Å². The highest BCUT2D eigenvalue weighted by Crippen LogP contribution is 2.36. The van der Waals surface area contributed by atoms with Crippen molar-refractivity contribution < 1.29 is 9.32 Å². The van der Waals surface area contributed by atoms with E-state index in [0.29, 0.717) is 22.6 Å². The van der Waals surface area contributed by atoms with Crippen LogP contribution in [0.4, 0.5) is 5.13 Å². The monoisotopic (exact) mass is 387 g/mol. The van der Waals surface area contributed by atoms with Crippen molar-refractivity contribution in [1.82, 2.24) is 20.3 Å². The summed E-state index contributed by atoms with van der Waals surface area (Å²) in [4.78, 5) is 18.0. The van der Waals surface area contributed by atoms with Crippen molar-refractivity contribution in [3.63, 3.8) is 0 Å². The number of aromatic nitrogens is 4. The first kappa shape index (κ1) is 17.2. The summed E-state index contributed by atoms with van der Waals surface area (Å²) < 4.78 is 6.10. The largest absolute Gasteiger partial charge is 0.338 e. The minimum absolute atomic E-state index is 0.0137. The molecular weight excluding hydrogens is 370 g/mol. The summed E-state index contributed by atoms with van der Waals surface area (Å²) in [5.41, 5.74) is 2.11. The van der Waals surface area contributed by atoms with E-state index in [-0.39, 0.29) is 11.9 Å². The molecule has 0 saturated heterocycles. The second kappa shape index (κ2) is 7.16. The molecule has 4 rings (SSSR count). The van der Waals surface area contributed by atoms with Gasteiger partial charge < -0.3 is 4.52 Å². The van der Waals surface area contributed by atoms with E-state index < -0.39 is 0 Å². The minimum Gasteiger partial charge on any atom is -0.338 e. The van der Waals surface area contributed by atoms with Gasteiger partial charge in [0.05, 0.1) is 5.75 Å². The summed E-state index contributed by atoms with van der Waals surface area (Å²) >= 11 is 2.89. The Balaban J connectivity index is 1.40. The summed E-state index contributed by atoms with van der Waals surface area (Å²) in [5.74, 6) is 1.64. The molecule has 2 heterocycles. The molecule has 0 atom stereocenters. The van der Waals surface area contributed by atoms with E-state index in [1.165, 1.54) is 28.7 Å². The Labute approximate surface area is 158 Å². The van der Waals surface area contributed by atoms with Crippen LogP contribution in [0.2, 0.25) is 0 Å². The number of aryl methyl sites for hydroxylation is 1. The van der Waals surface area contributed by atoms with Crippen LogP contribution in [0.25, 0.3) is 11.4 Å². The molecule has 3 aromatic rings. The third-order valence-corrected chi connectivity index (χ3v) is 5.99. The molecule has 0 unspecified atom stereocenters. The van der Waals surface area contributed by atoms with E-state index in [1.54, 1.807) is 11.8 Å². The molecule has 1 saturated carbocycles. The highest BCUT2D eigenvalue weighted by molar-refractivity contribution is 8.00. The fourth-order valence-corrected chi connectivity index (χ4v) is 4.29. The average Bonchev–Trinajstić information content (AvgIpc) is 3.15. The van der Waals surface area contributed by atoms with Crippen LogP contribution < -0.4 is 4.90 Å². The van der Waals surface area contributed by atoms with Crippen LogP contribution in [-0.2, 0) is 10.5 Å². The maximum Gasteiger partial charge on any atom is 0.237 e. The van der Waals surface area contributed by atoms with Crippen molar-refractivity contribution in [2.45, 2.75) is 42.8 Å². The predicted octanol–water partition coefficient (Wildman–Crippen LogP) is 3.70. The van der Waals surface area contributed by atoms with Crippen molar-refractivity contribution in [1.29, 1.82) is 0 Å². The van der Waals surface area contributed by atoms with Crippen LogP contribution in [0.15, 0.2) is 33.1 Å². The number of anilines is 1. The lowest BCUT2D eigenvalue weighted by Gasteiger charge is -2.15. The molecule has 2 aromatic heterocycles. The van der Waals surface area contributed by atoms with Crippen molar-refractivity contribution in [2.75, 3.05) is 4.90 Å². The quantitative estimate of drug-likeness (QED) is 0.471. The second-order valence-electron chi connectivity index (χ2n) is 6.14. The molecule has 0 N–H and O–H groups in total. The number of amides is 1. The maximum atomic E-state index is 11.8. The molecule has 1 aliphatic carbocycles. The number of carbonyl (C=O) groups excluding carboxylic acids is 1. The number of rotatable bonds is 6. The lowest BCUT2D eigenvalue weighted by molar-refractivity contribution is -0.116. The van der Waals surface area contributed by atoms with Gasteiger partial charge in [0, 0.05) is 18.5 Å². The topological polar surface area (TPSA) is 85.0 Å². The molecule has 1 aliphatic rings. The molecule has 0 aliphatic heterocycles. The van der Waals surface area contributed by atoms with E-state index in [0.717, 1.165) is 22.7 Å². The van der Waals surface area contributed by atoms with Crippen molar-refractivity contribution in [2.24, 2.45) is 0 Å². The first-order valence-corrected chi connectivity index (χ1v) is 10.1. The van der Waals surface area contributed by atoms with Crippen LogP contribution >= 0.6 is 23.1 Å². The summed E-state index contributed by atoms with van der Waals surface area (Å²) in [5, 5.41) is 13.0. The molecule has 7 nitrogen and oxygen atoms in total. The fourth-order valence-electron chi connectivity index (χ4n) is 2.50. The molecule has 1 aromatic carbocycles. The van der Waals surface area contributed by atoms with Crippen LogP contribution in [0.3, 0.4) is 0 Å². The standard InChI is InChI=1S/C17H17N5O2S2/c1-10-3-5-12(6-4-10)15-18-14(24-21-15)9-25-17-20-19-16(26-17)22(11(2)23)13-7-8-13/h3-6,13H,7-9H2,1-2H3. The van der Waals surface area contributed by atoms with E-state index in [1.807, 2.05) is 31.2 Å². The van der Waals surface area contributed by atoms with Gasteiger partial charge in [-0.25, -0.2) is 0 Å². The number of benzene rings is 1. The smallest absolute Gasteiger partial charge is 0.237 e. The first-order chi connectivity index (χ1) is 12.6. The molecule has 0 bridgehead atoms. The predicted molar refractivity (Wildman–Crippen MR) is 100 cm³/mol. The zero-order valence-corrected chi connectivity index (χ0v) is 16.0. The summed E-state index contributed by atoms with van der Waals surface area (Å²) in [6.45, 7) is 3.60. The number of nitrogens with zero attached hydrogens (tertiary/aromatic N) is 5. The van der Waals surface area contributed by atoms with Crippen molar-refractivity contribution in [3.8, 4) is 11.4 Å². The SMILES string of the molecule is CC(=O)N(c1nnc(SCc2nc(-c3ccc(C)cc3)no2)s1)C1CC1. The van der Waals surface area contributed by atoms with E-state index in [2.05, 4.69) is 20.3 Å². The Morgan fingerprint density at radius 3 is 2.77 bits per heavy atom. The third-order valence-electron chi connectivity index (χ3n) is 3.95. The average molecular weight is 387 g/mol. The second-order valence-corrected chi connectivity index (χ2v) is 8.32. The zero-order valence-electron chi connectivity index (χ0n) is 14.4.